The lowest BCUT2D eigenvalue weighted by Crippen LogP contribution is -2.64. The predicted molar refractivity (Wildman–Crippen MR) is 106 cm³/mol. The Morgan fingerprint density at radius 2 is 1.80 bits per heavy atom. The second-order valence-electron chi connectivity index (χ2n) is 12.2. The van der Waals surface area contributed by atoms with Crippen molar-refractivity contribution < 1.29 is 23.9 Å². The summed E-state index contributed by atoms with van der Waals surface area (Å²) in [5.41, 5.74) is -2.00. The van der Waals surface area contributed by atoms with Gasteiger partial charge in [-0.05, 0) is 54.9 Å². The second kappa shape index (κ2) is 4.41. The van der Waals surface area contributed by atoms with Gasteiger partial charge in [-0.25, -0.2) is 4.79 Å². The highest BCUT2D eigenvalue weighted by Gasteiger charge is 2.92. The lowest BCUT2D eigenvalue weighted by Gasteiger charge is -2.65. The summed E-state index contributed by atoms with van der Waals surface area (Å²) in [5, 5.41) is 0. The minimum Gasteiger partial charge on any atom is -0.461 e. The van der Waals surface area contributed by atoms with Gasteiger partial charge >= 0.3 is 5.97 Å². The van der Waals surface area contributed by atoms with Gasteiger partial charge in [-0.3, -0.25) is 9.59 Å². The van der Waals surface area contributed by atoms with Crippen LogP contribution >= 0.6 is 0 Å². The summed E-state index contributed by atoms with van der Waals surface area (Å²) in [4.78, 5) is 39.8. The molecule has 0 aromatic carbocycles. The monoisotopic (exact) mass is 408 g/mol. The zero-order valence-corrected chi connectivity index (χ0v) is 18.0. The van der Waals surface area contributed by atoms with Crippen molar-refractivity contribution in [3.05, 3.63) is 23.8 Å². The number of epoxide rings is 1. The maximum absolute atomic E-state index is 14.1. The molecule has 2 saturated heterocycles. The Morgan fingerprint density at radius 3 is 2.50 bits per heavy atom. The van der Waals surface area contributed by atoms with Gasteiger partial charge in [-0.1, -0.05) is 32.9 Å². The van der Waals surface area contributed by atoms with Crippen LogP contribution in [0.4, 0.5) is 0 Å². The van der Waals surface area contributed by atoms with Crippen LogP contribution < -0.4 is 0 Å². The zero-order chi connectivity index (χ0) is 21.1. The Labute approximate surface area is 176 Å². The number of hydrogen-bond acceptors (Lipinski definition) is 5. The van der Waals surface area contributed by atoms with E-state index in [2.05, 4.69) is 26.8 Å². The van der Waals surface area contributed by atoms with Gasteiger partial charge in [0.2, 0.25) is 0 Å². The molecule has 2 aliphatic heterocycles. The molecule has 5 aliphatic carbocycles. The van der Waals surface area contributed by atoms with Crippen molar-refractivity contribution in [1.82, 2.24) is 0 Å². The van der Waals surface area contributed by atoms with Gasteiger partial charge in [0, 0.05) is 16.4 Å². The van der Waals surface area contributed by atoms with Gasteiger partial charge in [0.15, 0.2) is 5.78 Å². The van der Waals surface area contributed by atoms with E-state index in [4.69, 9.17) is 9.47 Å². The maximum Gasteiger partial charge on any atom is 0.334 e. The van der Waals surface area contributed by atoms with Crippen LogP contribution in [-0.2, 0) is 23.9 Å². The summed E-state index contributed by atoms with van der Waals surface area (Å²) in [6.07, 6.45) is 8.43. The largest absolute Gasteiger partial charge is 0.461 e. The van der Waals surface area contributed by atoms with Gasteiger partial charge in [0.25, 0.3) is 0 Å². The van der Waals surface area contributed by atoms with Gasteiger partial charge in [-0.15, -0.1) is 0 Å². The highest BCUT2D eigenvalue weighted by Crippen LogP contribution is 2.87. The van der Waals surface area contributed by atoms with Gasteiger partial charge in [0.05, 0.1) is 17.9 Å². The third-order valence-corrected chi connectivity index (χ3v) is 10.9. The SMILES string of the molecule is CC1(C)C(=O)C=C[C@@]2(C)[C@H]1CC[C@@]13C[C@@]4(C)C=C5C(=O)OC[C@]51[C@@]1(CO1)[C@H](C4=O)[C@@H]23. The molecule has 158 valence electrons. The molecule has 0 aromatic rings. The fraction of sp³-hybridized carbons (Fsp3) is 0.720. The molecule has 0 N–H and O–H groups in total. The number of ketones is 2. The molecule has 0 unspecified atom stereocenters. The van der Waals surface area contributed by atoms with E-state index in [1.54, 1.807) is 6.08 Å². The number of ether oxygens (including phenoxy) is 2. The van der Waals surface area contributed by atoms with Crippen LogP contribution in [0.15, 0.2) is 23.8 Å². The molecule has 7 aliphatic rings. The van der Waals surface area contributed by atoms with E-state index in [0.717, 1.165) is 19.3 Å². The fourth-order valence-electron chi connectivity index (χ4n) is 10.00. The number of rotatable bonds is 0. The van der Waals surface area contributed by atoms with E-state index in [1.165, 1.54) is 0 Å². The molecule has 5 heteroatoms. The minimum absolute atomic E-state index is 0.0636. The molecule has 2 heterocycles. The van der Waals surface area contributed by atoms with E-state index < -0.39 is 21.8 Å². The van der Waals surface area contributed by atoms with E-state index in [9.17, 15) is 14.4 Å². The Hall–Kier alpha value is -1.75. The lowest BCUT2D eigenvalue weighted by molar-refractivity contribution is -0.171. The van der Waals surface area contributed by atoms with E-state index in [-0.39, 0.29) is 46.1 Å². The number of hydrogen-bond donors (Lipinski definition) is 0. The van der Waals surface area contributed by atoms with Crippen molar-refractivity contribution in [1.29, 1.82) is 0 Å². The van der Waals surface area contributed by atoms with Crippen LogP contribution in [0.5, 0.6) is 0 Å². The lowest BCUT2D eigenvalue weighted by atomic mass is 9.36. The first-order chi connectivity index (χ1) is 14.0. The minimum atomic E-state index is -0.633. The normalized spacial score (nSPS) is 58.3. The molecule has 0 amide bonds. The number of Topliss-reactive ketones (excluding diaryl/α,β-unsaturated/α-hetero) is 1. The van der Waals surface area contributed by atoms with E-state index >= 15 is 0 Å². The first-order valence-electron chi connectivity index (χ1n) is 11.3. The third kappa shape index (κ3) is 1.38. The number of esters is 1. The molecule has 5 nitrogen and oxygen atoms in total. The maximum atomic E-state index is 14.1. The Bertz CT molecular complexity index is 1050. The quantitative estimate of drug-likeness (QED) is 0.455. The standard InChI is InChI=1S/C25H28O5/c1-20(2)14-5-8-23-10-21(3)9-13-19(28)29-11-24(13,23)25(12-30-25)16(18(21)27)17(23)22(14,4)7-6-15(20)26/h6-7,9,14,16-17H,5,8,10-12H2,1-4H3/t14-,16-,17-,21+,22-,23-,24-,25+/m0/s1. The summed E-state index contributed by atoms with van der Waals surface area (Å²) in [7, 11) is 0. The van der Waals surface area contributed by atoms with Gasteiger partial charge in [-0.2, -0.15) is 0 Å². The summed E-state index contributed by atoms with van der Waals surface area (Å²) in [6, 6.07) is 0. The zero-order valence-electron chi connectivity index (χ0n) is 18.0. The Morgan fingerprint density at radius 1 is 1.07 bits per heavy atom. The second-order valence-corrected chi connectivity index (χ2v) is 12.2. The molecule has 0 radical (unpaired) electrons. The number of carbonyl (C=O) groups excluding carboxylic acids is 3. The summed E-state index contributed by atoms with van der Waals surface area (Å²) in [6.45, 7) is 9.27. The molecule has 30 heavy (non-hydrogen) atoms. The highest BCUT2D eigenvalue weighted by molar-refractivity contribution is 6.02. The van der Waals surface area contributed by atoms with Gasteiger partial charge < -0.3 is 9.47 Å². The topological polar surface area (TPSA) is 73.0 Å². The Balaban J connectivity index is 1.56. The highest BCUT2D eigenvalue weighted by atomic mass is 16.6. The number of fused-ring (bicyclic) bond motifs is 3. The van der Waals surface area contributed by atoms with Crippen molar-refractivity contribution in [3.8, 4) is 0 Å². The number of carbonyl (C=O) groups is 3. The molecule has 8 atom stereocenters. The average molecular weight is 408 g/mol. The summed E-state index contributed by atoms with van der Waals surface area (Å²) < 4.78 is 12.0. The van der Waals surface area contributed by atoms with E-state index in [0.29, 0.717) is 18.8 Å². The van der Waals surface area contributed by atoms with Crippen LogP contribution in [0.1, 0.15) is 47.0 Å². The van der Waals surface area contributed by atoms with Crippen molar-refractivity contribution in [2.45, 2.75) is 52.6 Å². The van der Waals surface area contributed by atoms with Crippen LogP contribution in [0.3, 0.4) is 0 Å². The van der Waals surface area contributed by atoms with Crippen LogP contribution in [0, 0.1) is 44.8 Å². The van der Waals surface area contributed by atoms with E-state index in [1.807, 2.05) is 13.0 Å². The fourth-order valence-corrected chi connectivity index (χ4v) is 10.00. The molecule has 3 spiro atoms. The summed E-state index contributed by atoms with van der Waals surface area (Å²) >= 11 is 0. The van der Waals surface area contributed by atoms with Crippen molar-refractivity contribution in [2.24, 2.45) is 44.8 Å². The number of allylic oxidation sites excluding steroid dienone is 3. The molecule has 3 bridgehead atoms. The first-order valence-corrected chi connectivity index (χ1v) is 11.3. The molecule has 5 fully saturated rings. The Kier molecular flexibility index (Phi) is 2.63. The predicted octanol–water partition coefficient (Wildman–Crippen LogP) is 3.03. The van der Waals surface area contributed by atoms with Crippen molar-refractivity contribution >= 4 is 17.5 Å². The first kappa shape index (κ1) is 17.9. The van der Waals surface area contributed by atoms with Crippen LogP contribution in [0.25, 0.3) is 0 Å². The number of cyclic esters (lactones) is 1. The van der Waals surface area contributed by atoms with Crippen molar-refractivity contribution in [2.75, 3.05) is 13.2 Å². The van der Waals surface area contributed by atoms with Crippen LogP contribution in [-0.4, -0.2) is 36.4 Å². The third-order valence-electron chi connectivity index (χ3n) is 10.9. The average Bonchev–Trinajstić information content (AvgIpc) is 3.37. The van der Waals surface area contributed by atoms with Gasteiger partial charge in [0.1, 0.15) is 18.0 Å². The van der Waals surface area contributed by atoms with Crippen molar-refractivity contribution in [3.63, 3.8) is 0 Å². The molecular formula is C25H28O5. The molecular weight excluding hydrogens is 380 g/mol. The molecule has 0 aromatic heterocycles. The molecule has 3 saturated carbocycles. The smallest absolute Gasteiger partial charge is 0.334 e. The summed E-state index contributed by atoms with van der Waals surface area (Å²) in [5.74, 6) is 0.147. The molecule has 7 rings (SSSR count). The van der Waals surface area contributed by atoms with Crippen LogP contribution in [0.2, 0.25) is 0 Å².